The number of aliphatic hydroxyl groups excluding tert-OH is 1. The van der Waals surface area contributed by atoms with E-state index < -0.39 is 12.1 Å². The Hall–Kier alpha value is -1.30. The largest absolute Gasteiger partial charge is 0.465 e. The van der Waals surface area contributed by atoms with E-state index in [1.165, 1.54) is 7.11 Å². The second-order valence-corrected chi connectivity index (χ2v) is 4.91. The molecule has 0 bridgehead atoms. The van der Waals surface area contributed by atoms with E-state index in [2.05, 4.69) is 5.32 Å². The minimum Gasteiger partial charge on any atom is -0.465 e. The Morgan fingerprint density at radius 2 is 2.26 bits per heavy atom. The molecule has 2 atom stereocenters. The van der Waals surface area contributed by atoms with Crippen LogP contribution in [0.4, 0.5) is 5.69 Å². The quantitative estimate of drug-likeness (QED) is 0.826. The summed E-state index contributed by atoms with van der Waals surface area (Å²) in [7, 11) is 1.32. The molecule has 19 heavy (non-hydrogen) atoms. The number of benzene rings is 1. The number of halogens is 1. The number of ether oxygens (including phenoxy) is 2. The van der Waals surface area contributed by atoms with Crippen LogP contribution in [0.5, 0.6) is 0 Å². The van der Waals surface area contributed by atoms with Gasteiger partial charge in [-0.1, -0.05) is 11.6 Å². The SMILES string of the molecule is COC(=O)c1cc(Cl)cc(NC2COCC2O)c1C. The van der Waals surface area contributed by atoms with Crippen LogP contribution in [0.15, 0.2) is 12.1 Å². The van der Waals surface area contributed by atoms with Gasteiger partial charge in [-0.2, -0.15) is 0 Å². The topological polar surface area (TPSA) is 67.8 Å². The van der Waals surface area contributed by atoms with Gasteiger partial charge < -0.3 is 19.9 Å². The van der Waals surface area contributed by atoms with E-state index in [0.29, 0.717) is 29.5 Å². The third-order valence-electron chi connectivity index (χ3n) is 3.17. The van der Waals surface area contributed by atoms with Gasteiger partial charge in [0.05, 0.1) is 38.0 Å². The number of carbonyl (C=O) groups is 1. The summed E-state index contributed by atoms with van der Waals surface area (Å²) in [5.74, 6) is -0.439. The van der Waals surface area contributed by atoms with E-state index in [1.54, 1.807) is 19.1 Å². The van der Waals surface area contributed by atoms with Crippen molar-refractivity contribution in [3.05, 3.63) is 28.3 Å². The number of anilines is 1. The van der Waals surface area contributed by atoms with E-state index in [-0.39, 0.29) is 6.04 Å². The predicted molar refractivity (Wildman–Crippen MR) is 71.8 cm³/mol. The highest BCUT2D eigenvalue weighted by atomic mass is 35.5. The maximum absolute atomic E-state index is 11.7. The second-order valence-electron chi connectivity index (χ2n) is 4.47. The average molecular weight is 286 g/mol. The Kier molecular flexibility index (Phi) is 4.29. The van der Waals surface area contributed by atoms with Gasteiger partial charge in [-0.15, -0.1) is 0 Å². The van der Waals surface area contributed by atoms with Gasteiger partial charge in [0, 0.05) is 10.7 Å². The third-order valence-corrected chi connectivity index (χ3v) is 3.39. The van der Waals surface area contributed by atoms with E-state index in [1.807, 2.05) is 0 Å². The number of hydrogen-bond acceptors (Lipinski definition) is 5. The van der Waals surface area contributed by atoms with Gasteiger partial charge in [0.1, 0.15) is 0 Å². The van der Waals surface area contributed by atoms with Crippen molar-refractivity contribution in [2.45, 2.75) is 19.1 Å². The van der Waals surface area contributed by atoms with Crippen LogP contribution in [0.2, 0.25) is 5.02 Å². The Morgan fingerprint density at radius 3 is 2.84 bits per heavy atom. The first-order valence-electron chi connectivity index (χ1n) is 5.93. The maximum Gasteiger partial charge on any atom is 0.338 e. The number of rotatable bonds is 3. The number of hydrogen-bond donors (Lipinski definition) is 2. The Balaban J connectivity index is 2.29. The molecule has 2 unspecified atom stereocenters. The first-order valence-corrected chi connectivity index (χ1v) is 6.31. The van der Waals surface area contributed by atoms with Gasteiger partial charge in [-0.25, -0.2) is 4.79 Å². The Morgan fingerprint density at radius 1 is 1.53 bits per heavy atom. The molecule has 0 aliphatic carbocycles. The lowest BCUT2D eigenvalue weighted by Gasteiger charge is -2.19. The van der Waals surface area contributed by atoms with Gasteiger partial charge >= 0.3 is 5.97 Å². The molecular weight excluding hydrogens is 270 g/mol. The molecule has 2 rings (SSSR count). The summed E-state index contributed by atoms with van der Waals surface area (Å²) < 4.78 is 9.89. The summed E-state index contributed by atoms with van der Waals surface area (Å²) in [5.41, 5.74) is 1.84. The lowest BCUT2D eigenvalue weighted by atomic mass is 10.1. The normalized spacial score (nSPS) is 22.3. The summed E-state index contributed by atoms with van der Waals surface area (Å²) in [6, 6.07) is 3.08. The Labute approximate surface area is 116 Å². The third kappa shape index (κ3) is 3.00. The van der Waals surface area contributed by atoms with E-state index >= 15 is 0 Å². The highest BCUT2D eigenvalue weighted by molar-refractivity contribution is 6.31. The molecule has 1 fully saturated rings. The summed E-state index contributed by atoms with van der Waals surface area (Å²) in [4.78, 5) is 11.7. The molecule has 104 valence electrons. The zero-order valence-corrected chi connectivity index (χ0v) is 11.5. The van der Waals surface area contributed by atoms with Gasteiger partial charge in [0.2, 0.25) is 0 Å². The number of carbonyl (C=O) groups excluding carboxylic acids is 1. The van der Waals surface area contributed by atoms with Crippen molar-refractivity contribution >= 4 is 23.3 Å². The lowest BCUT2D eigenvalue weighted by Crippen LogP contribution is -2.32. The average Bonchev–Trinajstić information content (AvgIpc) is 2.78. The van der Waals surface area contributed by atoms with Crippen molar-refractivity contribution in [3.63, 3.8) is 0 Å². The van der Waals surface area contributed by atoms with Crippen molar-refractivity contribution in [2.75, 3.05) is 25.6 Å². The molecule has 0 saturated carbocycles. The molecule has 5 nitrogen and oxygen atoms in total. The summed E-state index contributed by atoms with van der Waals surface area (Å²) >= 11 is 6.00. The monoisotopic (exact) mass is 285 g/mol. The molecule has 1 aliphatic heterocycles. The molecule has 0 radical (unpaired) electrons. The van der Waals surface area contributed by atoms with Crippen LogP contribution in [-0.2, 0) is 9.47 Å². The molecule has 1 saturated heterocycles. The minimum atomic E-state index is -0.569. The minimum absolute atomic E-state index is 0.206. The summed E-state index contributed by atoms with van der Waals surface area (Å²) in [5, 5.41) is 13.3. The van der Waals surface area contributed by atoms with Crippen molar-refractivity contribution in [1.82, 2.24) is 0 Å². The fraction of sp³-hybridized carbons (Fsp3) is 0.462. The molecule has 1 aliphatic rings. The van der Waals surface area contributed by atoms with Crippen LogP contribution in [0.1, 0.15) is 15.9 Å². The number of methoxy groups -OCH3 is 1. The summed E-state index contributed by atoms with van der Waals surface area (Å²) in [6.07, 6.45) is -0.569. The van der Waals surface area contributed by atoms with Crippen molar-refractivity contribution < 1.29 is 19.4 Å². The molecule has 2 N–H and O–H groups in total. The highest BCUT2D eigenvalue weighted by Crippen LogP contribution is 2.27. The number of esters is 1. The second kappa shape index (κ2) is 5.77. The lowest BCUT2D eigenvalue weighted by molar-refractivity contribution is 0.0600. The van der Waals surface area contributed by atoms with E-state index in [9.17, 15) is 9.90 Å². The molecule has 0 aromatic heterocycles. The van der Waals surface area contributed by atoms with E-state index in [0.717, 1.165) is 5.56 Å². The zero-order valence-electron chi connectivity index (χ0n) is 10.8. The summed E-state index contributed by atoms with van der Waals surface area (Å²) in [6.45, 7) is 2.52. The van der Waals surface area contributed by atoms with Crippen molar-refractivity contribution in [3.8, 4) is 0 Å². The van der Waals surface area contributed by atoms with Gasteiger partial charge in [-0.3, -0.25) is 0 Å². The van der Waals surface area contributed by atoms with Crippen molar-refractivity contribution in [2.24, 2.45) is 0 Å². The standard InChI is InChI=1S/C13H16ClNO4/c1-7-9(13(17)18-2)3-8(14)4-10(7)15-11-5-19-6-12(11)16/h3-4,11-12,15-16H,5-6H2,1-2H3. The van der Waals surface area contributed by atoms with Gasteiger partial charge in [-0.05, 0) is 24.6 Å². The Bertz CT molecular complexity index is 492. The molecule has 1 aromatic carbocycles. The van der Waals surface area contributed by atoms with Gasteiger partial charge in [0.15, 0.2) is 0 Å². The number of nitrogens with one attached hydrogen (secondary N) is 1. The van der Waals surface area contributed by atoms with Crippen LogP contribution in [0, 0.1) is 6.92 Å². The van der Waals surface area contributed by atoms with Crippen LogP contribution >= 0.6 is 11.6 Å². The predicted octanol–water partition coefficient (Wildman–Crippen LogP) is 1.61. The fourth-order valence-electron chi connectivity index (χ4n) is 2.03. The van der Waals surface area contributed by atoms with Crippen molar-refractivity contribution in [1.29, 1.82) is 0 Å². The molecule has 6 heteroatoms. The first-order chi connectivity index (χ1) is 9.02. The van der Waals surface area contributed by atoms with Crippen LogP contribution in [-0.4, -0.2) is 43.5 Å². The molecular formula is C13H16ClNO4. The van der Waals surface area contributed by atoms with Gasteiger partial charge in [0.25, 0.3) is 0 Å². The van der Waals surface area contributed by atoms with E-state index in [4.69, 9.17) is 21.1 Å². The molecule has 1 heterocycles. The van der Waals surface area contributed by atoms with Crippen LogP contribution in [0.25, 0.3) is 0 Å². The highest BCUT2D eigenvalue weighted by Gasteiger charge is 2.27. The first kappa shape index (κ1) is 14.1. The van der Waals surface area contributed by atoms with Crippen LogP contribution in [0.3, 0.4) is 0 Å². The van der Waals surface area contributed by atoms with Crippen LogP contribution < -0.4 is 5.32 Å². The molecule has 0 spiro atoms. The molecule has 0 amide bonds. The molecule has 1 aromatic rings. The maximum atomic E-state index is 11.7. The number of aliphatic hydroxyl groups is 1. The zero-order chi connectivity index (χ0) is 14.0. The fourth-order valence-corrected chi connectivity index (χ4v) is 2.25. The smallest absolute Gasteiger partial charge is 0.338 e.